The summed E-state index contributed by atoms with van der Waals surface area (Å²) < 4.78 is 6.90. The van der Waals surface area contributed by atoms with Gasteiger partial charge < -0.3 is 9.64 Å². The van der Waals surface area contributed by atoms with Crippen LogP contribution in [0, 0.1) is 0 Å². The predicted molar refractivity (Wildman–Crippen MR) is 148 cm³/mol. The summed E-state index contributed by atoms with van der Waals surface area (Å²) in [4.78, 5) is 22.7. The van der Waals surface area contributed by atoms with E-state index in [0.717, 1.165) is 45.9 Å². The van der Waals surface area contributed by atoms with Crippen molar-refractivity contribution in [3.63, 3.8) is 0 Å². The minimum absolute atomic E-state index is 0.307. The van der Waals surface area contributed by atoms with Crippen molar-refractivity contribution in [2.75, 3.05) is 37.7 Å². The number of aromatic nitrogens is 3. The fourth-order valence-electron chi connectivity index (χ4n) is 5.55. The Labute approximate surface area is 221 Å². The lowest BCUT2D eigenvalue weighted by Gasteiger charge is -2.41. The lowest BCUT2D eigenvalue weighted by atomic mass is 9.94. The van der Waals surface area contributed by atoms with Crippen LogP contribution in [-0.4, -0.2) is 64.3 Å². The zero-order valence-corrected chi connectivity index (χ0v) is 22.1. The highest BCUT2D eigenvalue weighted by atomic mass is 32.1. The van der Waals surface area contributed by atoms with Gasteiger partial charge in [-0.25, -0.2) is 14.3 Å². The highest BCUT2D eigenvalue weighted by Crippen LogP contribution is 2.30. The Hall–Kier alpha value is -3.23. The third-order valence-corrected chi connectivity index (χ3v) is 8.59. The Kier molecular flexibility index (Phi) is 6.93. The zero-order valence-electron chi connectivity index (χ0n) is 21.3. The first-order valence-corrected chi connectivity index (χ1v) is 14.2. The van der Waals surface area contributed by atoms with Gasteiger partial charge in [0.25, 0.3) is 0 Å². The van der Waals surface area contributed by atoms with Gasteiger partial charge in [0.05, 0.1) is 24.1 Å². The number of nitrogens with zero attached hydrogens (tertiary/aromatic N) is 5. The van der Waals surface area contributed by atoms with Crippen LogP contribution in [0.5, 0.6) is 0 Å². The first-order valence-electron chi connectivity index (χ1n) is 13.4. The van der Waals surface area contributed by atoms with Gasteiger partial charge >= 0.3 is 5.97 Å². The summed E-state index contributed by atoms with van der Waals surface area (Å²) in [5.41, 5.74) is 4.73. The normalized spacial score (nSPS) is 17.4. The molecule has 3 heterocycles. The van der Waals surface area contributed by atoms with Gasteiger partial charge in [-0.1, -0.05) is 42.7 Å². The van der Waals surface area contributed by atoms with Gasteiger partial charge in [0.15, 0.2) is 0 Å². The van der Waals surface area contributed by atoms with E-state index >= 15 is 0 Å². The van der Waals surface area contributed by atoms with Crippen molar-refractivity contribution in [3.05, 3.63) is 60.3 Å². The highest BCUT2D eigenvalue weighted by molar-refractivity contribution is 7.19. The van der Waals surface area contributed by atoms with Gasteiger partial charge in [0, 0.05) is 49.0 Å². The summed E-state index contributed by atoms with van der Waals surface area (Å²) in [5.74, 6) is -0.307. The molecule has 4 aromatic rings. The van der Waals surface area contributed by atoms with Gasteiger partial charge in [-0.2, -0.15) is 5.10 Å². The van der Waals surface area contributed by atoms with Crippen molar-refractivity contribution in [3.8, 4) is 21.8 Å². The van der Waals surface area contributed by atoms with Crippen molar-refractivity contribution in [2.45, 2.75) is 45.1 Å². The molecule has 0 radical (unpaired) electrons. The van der Waals surface area contributed by atoms with Gasteiger partial charge in [-0.15, -0.1) is 0 Å². The fraction of sp³-hybridized carbons (Fsp3) is 0.414. The van der Waals surface area contributed by atoms with Crippen molar-refractivity contribution >= 4 is 28.0 Å². The second-order valence-electron chi connectivity index (χ2n) is 9.92. The smallest absolute Gasteiger partial charge is 0.338 e. The van der Waals surface area contributed by atoms with E-state index in [0.29, 0.717) is 12.2 Å². The molecule has 0 bridgehead atoms. The van der Waals surface area contributed by atoms with Crippen LogP contribution in [0.2, 0.25) is 0 Å². The third-order valence-electron chi connectivity index (χ3n) is 7.62. The number of fused-ring (bicyclic) bond motifs is 1. The standard InChI is InChI=1S/C29H33N5O2S/c1-2-36-28(35)23-10-8-21(9-11-23)26-20-34-29(30-26)37-27(31-34)22-12-14-25(15-13-22)33-18-16-32(17-19-33)24-6-4-3-5-7-24/h8-15,20,24H,2-7,16-19H2,1H3. The van der Waals surface area contributed by atoms with E-state index in [1.807, 2.05) is 22.8 Å². The number of esters is 1. The van der Waals surface area contributed by atoms with E-state index < -0.39 is 0 Å². The molecule has 6 rings (SSSR count). The van der Waals surface area contributed by atoms with E-state index in [2.05, 4.69) is 34.1 Å². The van der Waals surface area contributed by atoms with Gasteiger partial charge in [0.1, 0.15) is 5.01 Å². The summed E-state index contributed by atoms with van der Waals surface area (Å²) >= 11 is 1.58. The molecule has 2 fully saturated rings. The van der Waals surface area contributed by atoms with Crippen molar-refractivity contribution in [2.24, 2.45) is 0 Å². The number of hydrogen-bond acceptors (Lipinski definition) is 7. The maximum absolute atomic E-state index is 11.9. The Morgan fingerprint density at radius 2 is 1.65 bits per heavy atom. The summed E-state index contributed by atoms with van der Waals surface area (Å²) in [6.45, 7) is 6.72. The molecule has 0 atom stereocenters. The lowest BCUT2D eigenvalue weighted by Crippen LogP contribution is -2.50. The first kappa shape index (κ1) is 24.1. The number of benzene rings is 2. The molecule has 1 saturated carbocycles. The molecule has 0 N–H and O–H groups in total. The largest absolute Gasteiger partial charge is 0.462 e. The second kappa shape index (κ2) is 10.6. The summed E-state index contributed by atoms with van der Waals surface area (Å²) in [6.07, 6.45) is 8.93. The number of hydrogen-bond donors (Lipinski definition) is 0. The molecule has 0 unspecified atom stereocenters. The molecule has 2 aliphatic rings. The van der Waals surface area contributed by atoms with Crippen LogP contribution in [-0.2, 0) is 4.74 Å². The maximum atomic E-state index is 11.9. The lowest BCUT2D eigenvalue weighted by molar-refractivity contribution is 0.0526. The number of piperazine rings is 1. The molecule has 8 heteroatoms. The first-order chi connectivity index (χ1) is 18.2. The van der Waals surface area contributed by atoms with Crippen LogP contribution in [0.4, 0.5) is 5.69 Å². The molecule has 2 aromatic heterocycles. The van der Waals surface area contributed by atoms with Gasteiger partial charge in [-0.05, 0) is 56.2 Å². The minimum atomic E-state index is -0.307. The molecule has 0 amide bonds. The SMILES string of the molecule is CCOC(=O)c1ccc(-c2cn3nc(-c4ccc(N5CCN(C6CCCCC6)CC5)cc4)sc3n2)cc1. The zero-order chi connectivity index (χ0) is 25.2. The summed E-state index contributed by atoms with van der Waals surface area (Å²) in [6, 6.07) is 17.0. The topological polar surface area (TPSA) is 63.0 Å². The molecular weight excluding hydrogens is 482 g/mol. The Bertz CT molecular complexity index is 1320. The van der Waals surface area contributed by atoms with Crippen molar-refractivity contribution in [1.29, 1.82) is 0 Å². The molecule has 1 aliphatic carbocycles. The number of imidazole rings is 1. The van der Waals surface area contributed by atoms with Crippen LogP contribution >= 0.6 is 11.3 Å². The molecule has 37 heavy (non-hydrogen) atoms. The predicted octanol–water partition coefficient (Wildman–Crippen LogP) is 5.76. The molecule has 192 valence electrons. The number of rotatable bonds is 6. The average molecular weight is 516 g/mol. The van der Waals surface area contributed by atoms with Crippen LogP contribution in [0.15, 0.2) is 54.7 Å². The Balaban J connectivity index is 1.10. The molecule has 1 aliphatic heterocycles. The monoisotopic (exact) mass is 515 g/mol. The number of carbonyl (C=O) groups excluding carboxylic acids is 1. The van der Waals surface area contributed by atoms with E-state index in [9.17, 15) is 4.79 Å². The van der Waals surface area contributed by atoms with Crippen LogP contribution in [0.3, 0.4) is 0 Å². The maximum Gasteiger partial charge on any atom is 0.338 e. The fourth-order valence-corrected chi connectivity index (χ4v) is 6.44. The van der Waals surface area contributed by atoms with Crippen LogP contribution < -0.4 is 4.90 Å². The van der Waals surface area contributed by atoms with E-state index in [4.69, 9.17) is 14.8 Å². The number of ether oxygens (including phenoxy) is 1. The van der Waals surface area contributed by atoms with Gasteiger partial charge in [0.2, 0.25) is 4.96 Å². The van der Waals surface area contributed by atoms with Crippen LogP contribution in [0.1, 0.15) is 49.4 Å². The van der Waals surface area contributed by atoms with Crippen molar-refractivity contribution in [1.82, 2.24) is 19.5 Å². The van der Waals surface area contributed by atoms with Crippen LogP contribution in [0.25, 0.3) is 26.8 Å². The molecule has 0 spiro atoms. The van der Waals surface area contributed by atoms with Gasteiger partial charge in [-0.3, -0.25) is 4.90 Å². The van der Waals surface area contributed by atoms with E-state index in [1.54, 1.807) is 30.4 Å². The Morgan fingerprint density at radius 1 is 0.946 bits per heavy atom. The molecule has 2 aromatic carbocycles. The molecular formula is C29H33N5O2S. The third kappa shape index (κ3) is 5.13. The quantitative estimate of drug-likeness (QED) is 0.305. The van der Waals surface area contributed by atoms with E-state index in [-0.39, 0.29) is 5.97 Å². The van der Waals surface area contributed by atoms with E-state index in [1.165, 1.54) is 50.9 Å². The molecule has 7 nitrogen and oxygen atoms in total. The number of anilines is 1. The second-order valence-corrected chi connectivity index (χ2v) is 10.9. The highest BCUT2D eigenvalue weighted by Gasteiger charge is 2.25. The van der Waals surface area contributed by atoms with Crippen molar-refractivity contribution < 1.29 is 9.53 Å². The molecule has 1 saturated heterocycles. The average Bonchev–Trinajstić information content (AvgIpc) is 3.54. The minimum Gasteiger partial charge on any atom is -0.462 e. The summed E-state index contributed by atoms with van der Waals surface area (Å²) in [7, 11) is 0. The number of carbonyl (C=O) groups is 1. The summed E-state index contributed by atoms with van der Waals surface area (Å²) in [5, 5.41) is 5.74. The Morgan fingerprint density at radius 3 is 2.32 bits per heavy atom.